The number of hydrogen-bond donors (Lipinski definition) is 3. The fourth-order valence-electron chi connectivity index (χ4n) is 2.44. The summed E-state index contributed by atoms with van der Waals surface area (Å²) in [6, 6.07) is 5.69. The van der Waals surface area contributed by atoms with Gasteiger partial charge in [0.1, 0.15) is 6.04 Å². The lowest BCUT2D eigenvalue weighted by atomic mass is 9.95. The van der Waals surface area contributed by atoms with Crippen LogP contribution in [0.25, 0.3) is 0 Å². The average molecular weight is 405 g/mol. The summed E-state index contributed by atoms with van der Waals surface area (Å²) in [6.45, 7) is 3.45. The Labute approximate surface area is 171 Å². The van der Waals surface area contributed by atoms with E-state index in [2.05, 4.69) is 29.0 Å². The summed E-state index contributed by atoms with van der Waals surface area (Å²) < 4.78 is 4.71. The second-order valence-electron chi connectivity index (χ2n) is 7.13. The van der Waals surface area contributed by atoms with Gasteiger partial charge in [-0.05, 0) is 62.3 Å². The lowest BCUT2D eigenvalue weighted by Gasteiger charge is -2.28. The van der Waals surface area contributed by atoms with Crippen LogP contribution in [-0.4, -0.2) is 42.3 Å². The maximum absolute atomic E-state index is 12.4. The maximum atomic E-state index is 12.4. The number of ether oxygens (including phenoxy) is 1. The molecule has 0 heterocycles. The van der Waals surface area contributed by atoms with E-state index in [9.17, 15) is 9.59 Å². The molecule has 0 spiro atoms. The first-order chi connectivity index (χ1) is 12.8. The van der Waals surface area contributed by atoms with E-state index in [1.165, 1.54) is 7.11 Å². The van der Waals surface area contributed by atoms with Gasteiger partial charge >= 0.3 is 5.97 Å². The third-order valence-electron chi connectivity index (χ3n) is 4.29. The number of nitrogens with two attached hydrogens (primary N) is 1. The minimum absolute atomic E-state index is 0. The van der Waals surface area contributed by atoms with Crippen LogP contribution in [0.1, 0.15) is 36.2 Å². The largest absolute Gasteiger partial charge is 0.467 e. The van der Waals surface area contributed by atoms with Crippen LogP contribution in [-0.2, 0) is 9.53 Å². The van der Waals surface area contributed by atoms with Crippen molar-refractivity contribution in [2.24, 2.45) is 17.6 Å². The van der Waals surface area contributed by atoms with Crippen molar-refractivity contribution in [1.29, 1.82) is 0 Å². The summed E-state index contributed by atoms with van der Waals surface area (Å²) in [5.74, 6) is 11.0. The molecule has 1 aliphatic carbocycles. The normalized spacial score (nSPS) is 18.2. The molecule has 1 saturated carbocycles. The first-order valence-corrected chi connectivity index (χ1v) is 8.66. The third-order valence-corrected chi connectivity index (χ3v) is 4.29. The number of carbonyl (C=O) groups excluding carboxylic acids is 2. The average Bonchev–Trinajstić information content (AvgIpc) is 3.40. The van der Waals surface area contributed by atoms with Gasteiger partial charge in [0.05, 0.1) is 7.11 Å². The summed E-state index contributed by atoms with van der Waals surface area (Å²) in [5.41, 5.74) is 6.09. The summed E-state index contributed by atoms with van der Waals surface area (Å²) in [4.78, 5) is 24.2. The second kappa shape index (κ2) is 10.1. The Bertz CT molecular complexity index is 822. The van der Waals surface area contributed by atoms with Crippen molar-refractivity contribution in [2.45, 2.75) is 31.8 Å². The molecule has 150 valence electrons. The highest BCUT2D eigenvalue weighted by Gasteiger charge is 2.35. The second-order valence-corrected chi connectivity index (χ2v) is 7.13. The molecule has 0 unspecified atom stereocenters. The number of aliphatic hydroxyl groups excluding tert-OH is 1. The molecule has 0 bridgehead atoms. The van der Waals surface area contributed by atoms with Gasteiger partial charge < -0.3 is 20.9 Å². The summed E-state index contributed by atoms with van der Waals surface area (Å²) in [6.07, 6.45) is 0.932. The number of benzene rings is 1. The molecule has 6 nitrogen and oxygen atoms in total. The summed E-state index contributed by atoms with van der Waals surface area (Å²) in [5, 5.41) is 11.6. The quantitative estimate of drug-likeness (QED) is 0.504. The number of methoxy groups -OCH3 is 1. The molecular weight excluding hydrogens is 380 g/mol. The third kappa shape index (κ3) is 6.58. The highest BCUT2D eigenvalue weighted by atomic mass is 35.5. The molecule has 0 saturated heterocycles. The van der Waals surface area contributed by atoms with Crippen molar-refractivity contribution in [1.82, 2.24) is 5.32 Å². The van der Waals surface area contributed by atoms with Crippen LogP contribution in [0.5, 0.6) is 0 Å². The van der Waals surface area contributed by atoms with Gasteiger partial charge in [-0.2, -0.15) is 0 Å². The van der Waals surface area contributed by atoms with E-state index in [1.807, 2.05) is 0 Å². The number of amides is 1. The van der Waals surface area contributed by atoms with Crippen molar-refractivity contribution >= 4 is 24.3 Å². The van der Waals surface area contributed by atoms with Crippen molar-refractivity contribution in [2.75, 3.05) is 13.7 Å². The molecule has 2 rings (SSSR count). The topological polar surface area (TPSA) is 102 Å². The van der Waals surface area contributed by atoms with E-state index < -0.39 is 23.5 Å². The van der Waals surface area contributed by atoms with Crippen LogP contribution in [0.2, 0.25) is 0 Å². The van der Waals surface area contributed by atoms with Crippen LogP contribution in [0, 0.1) is 35.5 Å². The molecule has 0 aliphatic heterocycles. The molecule has 3 atom stereocenters. The van der Waals surface area contributed by atoms with E-state index in [4.69, 9.17) is 15.6 Å². The minimum atomic E-state index is -0.969. The first-order valence-electron chi connectivity index (χ1n) is 8.66. The zero-order chi connectivity index (χ0) is 20.0. The zero-order valence-corrected chi connectivity index (χ0v) is 16.9. The fourth-order valence-corrected chi connectivity index (χ4v) is 2.44. The molecule has 28 heavy (non-hydrogen) atoms. The van der Waals surface area contributed by atoms with Crippen molar-refractivity contribution < 1.29 is 19.4 Å². The molecule has 0 radical (unpaired) electrons. The number of carbonyl (C=O) groups is 2. The number of aliphatic hydroxyl groups is 1. The molecule has 1 amide bonds. The lowest BCUT2D eigenvalue weighted by molar-refractivity contribution is -0.144. The Morgan fingerprint density at radius 3 is 2.46 bits per heavy atom. The molecular formula is C21H25ClN2O4. The van der Waals surface area contributed by atoms with E-state index in [0.29, 0.717) is 11.5 Å². The monoisotopic (exact) mass is 404 g/mol. The molecule has 4 N–H and O–H groups in total. The van der Waals surface area contributed by atoms with Crippen LogP contribution in [0.15, 0.2) is 24.3 Å². The molecule has 0 aromatic heterocycles. The Kier molecular flexibility index (Phi) is 8.53. The molecule has 7 heteroatoms. The Morgan fingerprint density at radius 1 is 1.32 bits per heavy atom. The molecule has 1 aromatic rings. The highest BCUT2D eigenvalue weighted by Crippen LogP contribution is 2.36. The lowest BCUT2D eigenvalue weighted by Crippen LogP contribution is -2.59. The maximum Gasteiger partial charge on any atom is 0.330 e. The van der Waals surface area contributed by atoms with Crippen LogP contribution in [0.3, 0.4) is 0 Å². The summed E-state index contributed by atoms with van der Waals surface area (Å²) >= 11 is 0. The number of nitrogens with one attached hydrogen (secondary N) is 1. The van der Waals surface area contributed by atoms with E-state index in [1.54, 1.807) is 38.1 Å². The highest BCUT2D eigenvalue weighted by molar-refractivity contribution is 5.97. The predicted molar refractivity (Wildman–Crippen MR) is 109 cm³/mol. The first kappa shape index (κ1) is 23.5. The van der Waals surface area contributed by atoms with Crippen LogP contribution in [0.4, 0.5) is 0 Å². The number of halogens is 1. The molecule has 1 fully saturated rings. The van der Waals surface area contributed by atoms with Crippen LogP contribution >= 0.6 is 12.4 Å². The van der Waals surface area contributed by atoms with Crippen molar-refractivity contribution in [3.8, 4) is 23.7 Å². The SMILES string of the molecule is COC(=O)[C@@H](NC(=O)c1ccc(C#CC#C[C@@H]2C[C@H]2CO)cc1)C(C)(C)N.Cl. The van der Waals surface area contributed by atoms with Gasteiger partial charge in [0.15, 0.2) is 0 Å². The van der Waals surface area contributed by atoms with Crippen molar-refractivity contribution in [3.63, 3.8) is 0 Å². The van der Waals surface area contributed by atoms with Crippen LogP contribution < -0.4 is 11.1 Å². The Hall–Kier alpha value is -2.51. The van der Waals surface area contributed by atoms with Gasteiger partial charge in [-0.25, -0.2) is 4.79 Å². The molecule has 1 aromatic carbocycles. The fraction of sp³-hybridized carbons (Fsp3) is 0.429. The number of hydrogen-bond acceptors (Lipinski definition) is 5. The van der Waals surface area contributed by atoms with Gasteiger partial charge in [-0.1, -0.05) is 11.8 Å². The number of esters is 1. The standard InChI is InChI=1S/C21H24N2O4.ClH/c1-21(2,22)18(20(26)27-3)23-19(25)15-10-8-14(9-11-15)6-4-5-7-16-12-17(16)13-24;/h8-11,16-18,24H,12-13,22H2,1-3H3,(H,23,25);1H/t16-,17+,18-;/m1./s1. The van der Waals surface area contributed by atoms with Gasteiger partial charge in [-0.15, -0.1) is 12.4 Å². The predicted octanol–water partition coefficient (Wildman–Crippen LogP) is 1.10. The number of rotatable bonds is 5. The molecule has 1 aliphatic rings. The van der Waals surface area contributed by atoms with Crippen molar-refractivity contribution in [3.05, 3.63) is 35.4 Å². The minimum Gasteiger partial charge on any atom is -0.467 e. The Balaban J connectivity index is 0.00000392. The summed E-state index contributed by atoms with van der Waals surface area (Å²) in [7, 11) is 1.25. The Morgan fingerprint density at radius 2 is 1.96 bits per heavy atom. The van der Waals surface area contributed by atoms with Gasteiger partial charge in [0.2, 0.25) is 0 Å². The van der Waals surface area contributed by atoms with Gasteiger partial charge in [-0.3, -0.25) is 4.79 Å². The van der Waals surface area contributed by atoms with E-state index in [-0.39, 0.29) is 24.9 Å². The smallest absolute Gasteiger partial charge is 0.330 e. The van der Waals surface area contributed by atoms with Gasteiger partial charge in [0.25, 0.3) is 5.91 Å². The van der Waals surface area contributed by atoms with E-state index >= 15 is 0 Å². The van der Waals surface area contributed by atoms with E-state index in [0.717, 1.165) is 12.0 Å². The van der Waals surface area contributed by atoms with Gasteiger partial charge in [0, 0.05) is 29.2 Å². The zero-order valence-electron chi connectivity index (χ0n) is 16.1.